The van der Waals surface area contributed by atoms with Crippen molar-refractivity contribution >= 4 is 21.8 Å². The second-order valence-electron chi connectivity index (χ2n) is 4.75. The van der Waals surface area contributed by atoms with Gasteiger partial charge < -0.3 is 10.1 Å². The molecule has 0 saturated carbocycles. The zero-order valence-electron chi connectivity index (χ0n) is 13.0. The Morgan fingerprint density at radius 2 is 2.10 bits per heavy atom. The molecule has 0 bridgehead atoms. The summed E-state index contributed by atoms with van der Waals surface area (Å²) in [4.78, 5) is 0.189. The van der Waals surface area contributed by atoms with Crippen LogP contribution in [-0.2, 0) is 16.6 Å². The number of methoxy groups -OCH3 is 1. The molecule has 1 atom stereocenters. The van der Waals surface area contributed by atoms with Crippen molar-refractivity contribution in [1.29, 1.82) is 0 Å². The number of sulfonamides is 1. The SMILES string of the molecule is CNCc1ccc(OC)c(S(=O)(=O)NCCC(C)SC)c1. The first-order valence-electron chi connectivity index (χ1n) is 6.78. The van der Waals surface area contributed by atoms with Crippen molar-refractivity contribution in [2.24, 2.45) is 0 Å². The van der Waals surface area contributed by atoms with Gasteiger partial charge in [-0.1, -0.05) is 13.0 Å². The van der Waals surface area contributed by atoms with Crippen LogP contribution >= 0.6 is 11.8 Å². The van der Waals surface area contributed by atoms with Crippen molar-refractivity contribution < 1.29 is 13.2 Å². The first-order valence-corrected chi connectivity index (χ1v) is 9.55. The average Bonchev–Trinajstić information content (AvgIpc) is 2.47. The van der Waals surface area contributed by atoms with Crippen LogP contribution in [0.1, 0.15) is 18.9 Å². The van der Waals surface area contributed by atoms with Crippen molar-refractivity contribution in [2.45, 2.75) is 30.0 Å². The molecule has 5 nitrogen and oxygen atoms in total. The maximum atomic E-state index is 12.4. The van der Waals surface area contributed by atoms with E-state index in [-0.39, 0.29) is 4.90 Å². The molecular weight excluding hydrogens is 308 g/mol. The summed E-state index contributed by atoms with van der Waals surface area (Å²) >= 11 is 1.72. The van der Waals surface area contributed by atoms with Crippen molar-refractivity contribution in [2.75, 3.05) is 27.0 Å². The second kappa shape index (κ2) is 8.63. The lowest BCUT2D eigenvalue weighted by atomic mass is 10.2. The number of nitrogens with one attached hydrogen (secondary N) is 2. The highest BCUT2D eigenvalue weighted by Gasteiger charge is 2.19. The number of thioether (sulfide) groups is 1. The van der Waals surface area contributed by atoms with Crippen molar-refractivity contribution in [1.82, 2.24) is 10.0 Å². The maximum absolute atomic E-state index is 12.4. The first kappa shape index (κ1) is 18.3. The van der Waals surface area contributed by atoms with E-state index in [1.165, 1.54) is 7.11 Å². The van der Waals surface area contributed by atoms with Gasteiger partial charge in [-0.15, -0.1) is 0 Å². The van der Waals surface area contributed by atoms with Gasteiger partial charge in [0.25, 0.3) is 0 Å². The van der Waals surface area contributed by atoms with Crippen LogP contribution in [0.15, 0.2) is 23.1 Å². The molecule has 2 N–H and O–H groups in total. The number of benzene rings is 1. The summed E-state index contributed by atoms with van der Waals surface area (Å²) in [7, 11) is -0.266. The Kier molecular flexibility index (Phi) is 7.51. The van der Waals surface area contributed by atoms with Gasteiger partial charge in [0, 0.05) is 18.3 Å². The van der Waals surface area contributed by atoms with Crippen molar-refractivity contribution in [3.05, 3.63) is 23.8 Å². The third-order valence-electron chi connectivity index (χ3n) is 3.14. The maximum Gasteiger partial charge on any atom is 0.244 e. The molecule has 120 valence electrons. The molecule has 1 rings (SSSR count). The van der Waals surface area contributed by atoms with Gasteiger partial charge in [0.15, 0.2) is 0 Å². The van der Waals surface area contributed by atoms with E-state index in [2.05, 4.69) is 17.0 Å². The molecule has 21 heavy (non-hydrogen) atoms. The van der Waals surface area contributed by atoms with Gasteiger partial charge in [0.1, 0.15) is 10.6 Å². The summed E-state index contributed by atoms with van der Waals surface area (Å²) in [5, 5.41) is 3.43. The van der Waals surface area contributed by atoms with Crippen LogP contribution in [0.4, 0.5) is 0 Å². The lowest BCUT2D eigenvalue weighted by Gasteiger charge is -2.13. The van der Waals surface area contributed by atoms with Crippen LogP contribution in [0.25, 0.3) is 0 Å². The third-order valence-corrected chi connectivity index (χ3v) is 5.67. The van der Waals surface area contributed by atoms with Gasteiger partial charge in [-0.05, 0) is 37.4 Å². The molecule has 0 spiro atoms. The predicted octanol–water partition coefficient (Wildman–Crippen LogP) is 1.83. The van der Waals surface area contributed by atoms with Gasteiger partial charge in [0.2, 0.25) is 10.0 Å². The minimum Gasteiger partial charge on any atom is -0.495 e. The zero-order chi connectivity index (χ0) is 15.9. The minimum atomic E-state index is -3.56. The van der Waals surface area contributed by atoms with E-state index in [0.717, 1.165) is 12.0 Å². The van der Waals surface area contributed by atoms with Crippen LogP contribution in [0, 0.1) is 0 Å². The Hall–Kier alpha value is -0.760. The minimum absolute atomic E-state index is 0.189. The predicted molar refractivity (Wildman–Crippen MR) is 88.5 cm³/mol. The van der Waals surface area contributed by atoms with E-state index in [9.17, 15) is 8.42 Å². The molecule has 0 aliphatic heterocycles. The number of hydrogen-bond acceptors (Lipinski definition) is 5. The van der Waals surface area contributed by atoms with Gasteiger partial charge in [-0.25, -0.2) is 13.1 Å². The molecular formula is C14H24N2O3S2. The van der Waals surface area contributed by atoms with Gasteiger partial charge in [0.05, 0.1) is 7.11 Å². The fourth-order valence-electron chi connectivity index (χ4n) is 1.84. The summed E-state index contributed by atoms with van der Waals surface area (Å²) in [6, 6.07) is 5.19. The lowest BCUT2D eigenvalue weighted by molar-refractivity contribution is 0.402. The third kappa shape index (κ3) is 5.50. The van der Waals surface area contributed by atoms with Gasteiger partial charge >= 0.3 is 0 Å². The molecule has 1 unspecified atom stereocenters. The van der Waals surface area contributed by atoms with E-state index < -0.39 is 10.0 Å². The Bertz CT molecular complexity index is 547. The second-order valence-corrected chi connectivity index (χ2v) is 7.76. The molecule has 0 radical (unpaired) electrons. The number of ether oxygens (including phenoxy) is 1. The zero-order valence-corrected chi connectivity index (χ0v) is 14.6. The highest BCUT2D eigenvalue weighted by atomic mass is 32.2. The molecule has 0 saturated heterocycles. The molecule has 7 heteroatoms. The number of hydrogen-bond donors (Lipinski definition) is 2. The summed E-state index contributed by atoms with van der Waals surface area (Å²) in [6.07, 6.45) is 2.81. The molecule has 1 aromatic carbocycles. The average molecular weight is 332 g/mol. The molecule has 1 aromatic rings. The Labute approximate surface area is 131 Å². The molecule has 0 aromatic heterocycles. The quantitative estimate of drug-likeness (QED) is 0.722. The lowest BCUT2D eigenvalue weighted by Crippen LogP contribution is -2.27. The van der Waals surface area contributed by atoms with Gasteiger partial charge in [-0.3, -0.25) is 0 Å². The summed E-state index contributed by atoms with van der Waals surface area (Å²) < 4.78 is 32.7. The Balaban J connectivity index is 2.92. The highest BCUT2D eigenvalue weighted by molar-refractivity contribution is 7.99. The fourth-order valence-corrected chi connectivity index (χ4v) is 3.46. The fraction of sp³-hybridized carbons (Fsp3) is 0.571. The Morgan fingerprint density at radius 3 is 2.67 bits per heavy atom. The van der Waals surface area contributed by atoms with E-state index in [0.29, 0.717) is 24.1 Å². The highest BCUT2D eigenvalue weighted by Crippen LogP contribution is 2.25. The number of rotatable bonds is 9. The standard InChI is InChI=1S/C14H24N2O3S2/c1-11(20-4)7-8-16-21(17,18)14-9-12(10-15-2)5-6-13(14)19-3/h5-6,9,11,15-16H,7-8,10H2,1-4H3. The largest absolute Gasteiger partial charge is 0.495 e. The van der Waals surface area contributed by atoms with Crippen LogP contribution in [0.2, 0.25) is 0 Å². The molecule has 0 amide bonds. The Morgan fingerprint density at radius 1 is 1.38 bits per heavy atom. The summed E-state index contributed by atoms with van der Waals surface area (Å²) in [5.41, 5.74) is 0.899. The normalized spacial score (nSPS) is 13.1. The molecule has 0 aliphatic carbocycles. The van der Waals surface area contributed by atoms with Gasteiger partial charge in [-0.2, -0.15) is 11.8 Å². The first-order chi connectivity index (χ1) is 9.94. The van der Waals surface area contributed by atoms with Crippen LogP contribution in [-0.4, -0.2) is 40.6 Å². The van der Waals surface area contributed by atoms with E-state index in [4.69, 9.17) is 4.74 Å². The topological polar surface area (TPSA) is 67.4 Å². The molecule has 0 heterocycles. The van der Waals surface area contributed by atoms with E-state index in [1.807, 2.05) is 19.4 Å². The van der Waals surface area contributed by atoms with Crippen LogP contribution < -0.4 is 14.8 Å². The van der Waals surface area contributed by atoms with Crippen molar-refractivity contribution in [3.63, 3.8) is 0 Å². The smallest absolute Gasteiger partial charge is 0.244 e. The molecule has 0 fully saturated rings. The summed E-state index contributed by atoms with van der Waals surface area (Å²) in [5.74, 6) is 0.361. The van der Waals surface area contributed by atoms with E-state index in [1.54, 1.807) is 23.9 Å². The molecule has 0 aliphatic rings. The monoisotopic (exact) mass is 332 g/mol. The van der Waals surface area contributed by atoms with Crippen LogP contribution in [0.5, 0.6) is 5.75 Å². The van der Waals surface area contributed by atoms with E-state index >= 15 is 0 Å². The van der Waals surface area contributed by atoms with Crippen LogP contribution in [0.3, 0.4) is 0 Å². The van der Waals surface area contributed by atoms with Crippen molar-refractivity contribution in [3.8, 4) is 5.75 Å². The summed E-state index contributed by atoms with van der Waals surface area (Å²) in [6.45, 7) is 3.10.